The summed E-state index contributed by atoms with van der Waals surface area (Å²) in [6.45, 7) is 15.3. The first-order valence-corrected chi connectivity index (χ1v) is 7.36. The Hall–Kier alpha value is -0.810. The van der Waals surface area contributed by atoms with Gasteiger partial charge >= 0.3 is 0 Å². The van der Waals surface area contributed by atoms with Gasteiger partial charge in [0.2, 0.25) is 0 Å². The summed E-state index contributed by atoms with van der Waals surface area (Å²) in [6, 6.07) is 0. The highest BCUT2D eigenvalue weighted by atomic mass is 16.1. The Bertz CT molecular complexity index is 365. The molecular formula is C17H29NO. The third kappa shape index (κ3) is 5.78. The van der Waals surface area contributed by atoms with Crippen molar-refractivity contribution in [2.45, 2.75) is 54.4 Å². The molecule has 1 rings (SSSR count). The normalized spacial score (nSPS) is 18.8. The standard InChI is InChI=1S/C17H29NO/c1-16(2,3)10-7-11-18-12-8-14(9-13-18)15(19)17(4,5)6/h14H,8-9,11-13H2,1-6H3. The van der Waals surface area contributed by atoms with Gasteiger partial charge in [-0.2, -0.15) is 0 Å². The number of nitrogens with zero attached hydrogens (tertiary/aromatic N) is 1. The fraction of sp³-hybridized carbons (Fsp3) is 0.824. The molecule has 0 aliphatic carbocycles. The van der Waals surface area contributed by atoms with Gasteiger partial charge in [0.05, 0.1) is 6.54 Å². The van der Waals surface area contributed by atoms with Crippen molar-refractivity contribution in [2.24, 2.45) is 16.7 Å². The van der Waals surface area contributed by atoms with Crippen molar-refractivity contribution in [1.29, 1.82) is 0 Å². The average molecular weight is 263 g/mol. The molecule has 0 spiro atoms. The fourth-order valence-corrected chi connectivity index (χ4v) is 2.38. The van der Waals surface area contributed by atoms with E-state index in [1.807, 2.05) is 20.8 Å². The number of hydrogen-bond donors (Lipinski definition) is 0. The first kappa shape index (κ1) is 16.2. The first-order valence-electron chi connectivity index (χ1n) is 7.36. The largest absolute Gasteiger partial charge is 0.299 e. The maximum atomic E-state index is 12.2. The maximum Gasteiger partial charge on any atom is 0.141 e. The highest BCUT2D eigenvalue weighted by Crippen LogP contribution is 2.27. The van der Waals surface area contributed by atoms with E-state index in [4.69, 9.17) is 0 Å². The van der Waals surface area contributed by atoms with E-state index < -0.39 is 0 Å². The van der Waals surface area contributed by atoms with Gasteiger partial charge in [-0.05, 0) is 46.7 Å². The lowest BCUT2D eigenvalue weighted by Gasteiger charge is -2.33. The molecule has 1 aliphatic heterocycles. The quantitative estimate of drug-likeness (QED) is 0.712. The summed E-state index contributed by atoms with van der Waals surface area (Å²) in [4.78, 5) is 14.6. The molecule has 2 heteroatoms. The van der Waals surface area contributed by atoms with Crippen LogP contribution in [0.25, 0.3) is 0 Å². The lowest BCUT2D eigenvalue weighted by Crippen LogP contribution is -2.39. The summed E-state index contributed by atoms with van der Waals surface area (Å²) in [5.74, 6) is 7.21. The summed E-state index contributed by atoms with van der Waals surface area (Å²) < 4.78 is 0. The van der Waals surface area contributed by atoms with Gasteiger partial charge in [0.1, 0.15) is 5.78 Å². The molecule has 0 unspecified atom stereocenters. The number of likely N-dealkylation sites (tertiary alicyclic amines) is 1. The van der Waals surface area contributed by atoms with E-state index in [0.29, 0.717) is 5.78 Å². The molecule has 0 aromatic heterocycles. The molecular weight excluding hydrogens is 234 g/mol. The molecule has 19 heavy (non-hydrogen) atoms. The Balaban J connectivity index is 2.41. The molecule has 1 saturated heterocycles. The smallest absolute Gasteiger partial charge is 0.141 e. The van der Waals surface area contributed by atoms with Gasteiger partial charge in [-0.15, -0.1) is 0 Å². The number of carbonyl (C=O) groups excluding carboxylic acids is 1. The van der Waals surface area contributed by atoms with Crippen LogP contribution in [-0.4, -0.2) is 30.3 Å². The Kier molecular flexibility index (Phi) is 5.21. The molecule has 108 valence electrons. The zero-order valence-corrected chi connectivity index (χ0v) is 13.5. The lowest BCUT2D eigenvalue weighted by atomic mass is 9.79. The topological polar surface area (TPSA) is 20.3 Å². The monoisotopic (exact) mass is 263 g/mol. The molecule has 0 bridgehead atoms. The van der Waals surface area contributed by atoms with Crippen molar-refractivity contribution >= 4 is 5.78 Å². The van der Waals surface area contributed by atoms with Crippen molar-refractivity contribution in [3.05, 3.63) is 0 Å². The van der Waals surface area contributed by atoms with Crippen LogP contribution >= 0.6 is 0 Å². The van der Waals surface area contributed by atoms with Crippen molar-refractivity contribution in [3.8, 4) is 11.8 Å². The number of rotatable bonds is 2. The van der Waals surface area contributed by atoms with Crippen LogP contribution in [0.3, 0.4) is 0 Å². The lowest BCUT2D eigenvalue weighted by molar-refractivity contribution is -0.131. The van der Waals surface area contributed by atoms with E-state index >= 15 is 0 Å². The summed E-state index contributed by atoms with van der Waals surface area (Å²) >= 11 is 0. The molecule has 1 heterocycles. The zero-order valence-electron chi connectivity index (χ0n) is 13.5. The van der Waals surface area contributed by atoms with Gasteiger partial charge < -0.3 is 0 Å². The molecule has 0 aromatic rings. The number of carbonyl (C=O) groups is 1. The molecule has 2 nitrogen and oxygen atoms in total. The zero-order chi connectivity index (χ0) is 14.7. The van der Waals surface area contributed by atoms with Crippen molar-refractivity contribution in [3.63, 3.8) is 0 Å². The van der Waals surface area contributed by atoms with Crippen LogP contribution in [0.4, 0.5) is 0 Å². The molecule has 1 aliphatic rings. The molecule has 0 aromatic carbocycles. The number of hydrogen-bond acceptors (Lipinski definition) is 2. The third-order valence-corrected chi connectivity index (χ3v) is 3.46. The van der Waals surface area contributed by atoms with Gasteiger partial charge in [0, 0.05) is 16.7 Å². The van der Waals surface area contributed by atoms with E-state index in [1.54, 1.807) is 0 Å². The molecule has 0 atom stereocenters. The van der Waals surface area contributed by atoms with E-state index in [2.05, 4.69) is 37.5 Å². The van der Waals surface area contributed by atoms with E-state index in [0.717, 1.165) is 32.5 Å². The van der Waals surface area contributed by atoms with Crippen molar-refractivity contribution < 1.29 is 4.79 Å². The van der Waals surface area contributed by atoms with Crippen molar-refractivity contribution in [2.75, 3.05) is 19.6 Å². The Morgan fingerprint density at radius 1 is 1.11 bits per heavy atom. The van der Waals surface area contributed by atoms with Gasteiger partial charge in [-0.3, -0.25) is 9.69 Å². The third-order valence-electron chi connectivity index (χ3n) is 3.46. The van der Waals surface area contributed by atoms with E-state index in [-0.39, 0.29) is 16.7 Å². The van der Waals surface area contributed by atoms with Crippen LogP contribution in [0.2, 0.25) is 0 Å². The van der Waals surface area contributed by atoms with Crippen LogP contribution in [0.5, 0.6) is 0 Å². The van der Waals surface area contributed by atoms with Gasteiger partial charge in [-0.25, -0.2) is 0 Å². The molecule has 1 fully saturated rings. The van der Waals surface area contributed by atoms with E-state index in [1.165, 1.54) is 0 Å². The summed E-state index contributed by atoms with van der Waals surface area (Å²) in [5, 5.41) is 0. The second-order valence-electron chi connectivity index (χ2n) is 7.72. The SMILES string of the molecule is CC(C)(C)C#CCN1CCC(C(=O)C(C)(C)C)CC1. The fourth-order valence-electron chi connectivity index (χ4n) is 2.38. The van der Waals surface area contributed by atoms with Gasteiger partial charge in [0.25, 0.3) is 0 Å². The average Bonchev–Trinajstić information content (AvgIpc) is 2.26. The Labute approximate surface area is 118 Å². The minimum absolute atomic E-state index is 0.0839. The molecule has 0 amide bonds. The second kappa shape index (κ2) is 6.09. The predicted molar refractivity (Wildman–Crippen MR) is 80.9 cm³/mol. The number of Topliss-reactive ketones (excluding diaryl/α,β-unsaturated/α-hetero) is 1. The number of ketones is 1. The predicted octanol–water partition coefficient (Wildman–Crippen LogP) is 3.36. The Morgan fingerprint density at radius 2 is 1.63 bits per heavy atom. The highest BCUT2D eigenvalue weighted by molar-refractivity contribution is 5.86. The van der Waals surface area contributed by atoms with Gasteiger partial charge in [-0.1, -0.05) is 32.6 Å². The Morgan fingerprint density at radius 3 is 2.05 bits per heavy atom. The number of piperidine rings is 1. The molecule has 0 radical (unpaired) electrons. The summed E-state index contributed by atoms with van der Waals surface area (Å²) in [7, 11) is 0. The summed E-state index contributed by atoms with van der Waals surface area (Å²) in [6.07, 6.45) is 1.99. The van der Waals surface area contributed by atoms with Crippen LogP contribution in [0, 0.1) is 28.6 Å². The van der Waals surface area contributed by atoms with Crippen LogP contribution < -0.4 is 0 Å². The minimum Gasteiger partial charge on any atom is -0.299 e. The first-order chi connectivity index (χ1) is 8.59. The minimum atomic E-state index is -0.196. The molecule has 0 saturated carbocycles. The maximum absolute atomic E-state index is 12.2. The van der Waals surface area contributed by atoms with Crippen LogP contribution in [0.15, 0.2) is 0 Å². The van der Waals surface area contributed by atoms with E-state index in [9.17, 15) is 4.79 Å². The van der Waals surface area contributed by atoms with Gasteiger partial charge in [0.15, 0.2) is 0 Å². The summed E-state index contributed by atoms with van der Waals surface area (Å²) in [5.41, 5.74) is -0.112. The van der Waals surface area contributed by atoms with Crippen LogP contribution in [-0.2, 0) is 4.79 Å². The van der Waals surface area contributed by atoms with Crippen molar-refractivity contribution in [1.82, 2.24) is 4.90 Å². The second-order valence-corrected chi connectivity index (χ2v) is 7.72. The highest BCUT2D eigenvalue weighted by Gasteiger charge is 2.31. The van der Waals surface area contributed by atoms with Crippen LogP contribution in [0.1, 0.15) is 54.4 Å². The molecule has 0 N–H and O–H groups in total.